The molecule has 3 heterocycles. The first-order chi connectivity index (χ1) is 23.1. The lowest BCUT2D eigenvalue weighted by molar-refractivity contribution is -0.161. The Kier molecular flexibility index (Phi) is 9.34. The van der Waals surface area contributed by atoms with Gasteiger partial charge in [-0.05, 0) is 62.9 Å². The van der Waals surface area contributed by atoms with Crippen molar-refractivity contribution in [3.05, 3.63) is 118 Å². The number of carbonyl (C=O) groups is 2. The highest BCUT2D eigenvalue weighted by atomic mass is 16.6. The highest BCUT2D eigenvalue weighted by Gasteiger charge is 2.32. The number of imidazole rings is 1. The topological polar surface area (TPSA) is 105 Å². The fraction of sp³-hybridized carbons (Fsp3) is 0.316. The van der Waals surface area contributed by atoms with Crippen LogP contribution < -0.4 is 15.2 Å². The van der Waals surface area contributed by atoms with E-state index in [0.717, 1.165) is 11.1 Å². The van der Waals surface area contributed by atoms with Gasteiger partial charge in [0.15, 0.2) is 0 Å². The molecule has 1 aliphatic heterocycles. The van der Waals surface area contributed by atoms with Gasteiger partial charge in [0.25, 0.3) is 5.91 Å². The number of benzene rings is 3. The Morgan fingerprint density at radius 1 is 0.812 bits per heavy atom. The Hall–Kier alpha value is -5.38. The van der Waals surface area contributed by atoms with Crippen molar-refractivity contribution >= 4 is 22.9 Å². The summed E-state index contributed by atoms with van der Waals surface area (Å²) in [5.41, 5.74) is 2.90. The number of aryl methyl sites for hydroxylation is 1. The van der Waals surface area contributed by atoms with Gasteiger partial charge in [-0.2, -0.15) is 4.98 Å². The van der Waals surface area contributed by atoms with E-state index in [0.29, 0.717) is 60.7 Å². The Morgan fingerprint density at radius 2 is 1.44 bits per heavy atom. The number of carbonyl (C=O) groups excluding carboxylic acids is 2. The van der Waals surface area contributed by atoms with E-state index in [1.165, 1.54) is 9.13 Å². The molecule has 48 heavy (non-hydrogen) atoms. The molecule has 0 unspecified atom stereocenters. The maximum absolute atomic E-state index is 13.9. The average molecular weight is 649 g/mol. The van der Waals surface area contributed by atoms with Crippen molar-refractivity contribution in [2.24, 2.45) is 13.0 Å². The summed E-state index contributed by atoms with van der Waals surface area (Å²) in [6.07, 6.45) is 1.03. The van der Waals surface area contributed by atoms with Gasteiger partial charge >= 0.3 is 11.7 Å². The normalized spacial score (nSPS) is 13.8. The van der Waals surface area contributed by atoms with Gasteiger partial charge in [-0.25, -0.2) is 4.79 Å². The zero-order valence-electron chi connectivity index (χ0n) is 27.7. The molecule has 1 saturated heterocycles. The smallest absolute Gasteiger partial charge is 0.333 e. The van der Waals surface area contributed by atoms with Crippen molar-refractivity contribution in [1.29, 1.82) is 0 Å². The molecule has 0 aliphatic carbocycles. The quantitative estimate of drug-likeness (QED) is 0.179. The number of amides is 1. The molecule has 0 saturated carbocycles. The lowest BCUT2D eigenvalue weighted by Crippen LogP contribution is -2.41. The number of ether oxygens (including phenoxy) is 3. The predicted molar refractivity (Wildman–Crippen MR) is 182 cm³/mol. The molecule has 0 radical (unpaired) electrons. The third-order valence-electron chi connectivity index (χ3n) is 8.33. The van der Waals surface area contributed by atoms with E-state index in [9.17, 15) is 14.4 Å². The second kappa shape index (κ2) is 13.8. The number of rotatable bonds is 9. The van der Waals surface area contributed by atoms with E-state index in [4.69, 9.17) is 14.2 Å². The van der Waals surface area contributed by atoms with E-state index in [1.54, 1.807) is 36.2 Å². The molecule has 0 bridgehead atoms. The van der Waals surface area contributed by atoms with Crippen molar-refractivity contribution in [1.82, 2.24) is 19.0 Å². The van der Waals surface area contributed by atoms with Gasteiger partial charge < -0.3 is 19.1 Å². The second-order valence-electron chi connectivity index (χ2n) is 13.0. The summed E-state index contributed by atoms with van der Waals surface area (Å²) in [6.45, 7) is 6.93. The zero-order valence-corrected chi connectivity index (χ0v) is 27.7. The minimum absolute atomic E-state index is 0.195. The Balaban J connectivity index is 1.31. The minimum Gasteiger partial charge on any atom is -0.473 e. The maximum atomic E-state index is 13.9. The van der Waals surface area contributed by atoms with Crippen molar-refractivity contribution in [3.8, 4) is 17.4 Å². The lowest BCUT2D eigenvalue weighted by Gasteiger charge is -2.32. The molecule has 0 atom stereocenters. The molecule has 248 valence electrons. The molecule has 6 rings (SSSR count). The zero-order chi connectivity index (χ0) is 33.8. The predicted octanol–water partition coefficient (Wildman–Crippen LogP) is 6.08. The third-order valence-corrected chi connectivity index (χ3v) is 8.33. The SMILES string of the molecule is Cn1c(=O)n(-c2ccc(OCc3ccccc3)nc2OCc2ccccc2)c2cccc(C(=O)N3CCC(C(=O)OC(C)(C)C)CC3)c21. The largest absolute Gasteiger partial charge is 0.473 e. The first-order valence-corrected chi connectivity index (χ1v) is 16.2. The molecule has 10 nitrogen and oxygen atoms in total. The highest BCUT2D eigenvalue weighted by Crippen LogP contribution is 2.30. The molecule has 0 spiro atoms. The fourth-order valence-electron chi connectivity index (χ4n) is 5.92. The van der Waals surface area contributed by atoms with E-state index in [2.05, 4.69) is 4.98 Å². The summed E-state index contributed by atoms with van der Waals surface area (Å²) in [4.78, 5) is 46.9. The van der Waals surface area contributed by atoms with Crippen LogP contribution >= 0.6 is 0 Å². The van der Waals surface area contributed by atoms with E-state index < -0.39 is 5.60 Å². The van der Waals surface area contributed by atoms with Crippen LogP contribution in [0.4, 0.5) is 0 Å². The van der Waals surface area contributed by atoms with Gasteiger partial charge in [-0.1, -0.05) is 66.7 Å². The molecule has 0 N–H and O–H groups in total. The fourth-order valence-corrected chi connectivity index (χ4v) is 5.92. The van der Waals surface area contributed by atoms with Crippen molar-refractivity contribution in [3.63, 3.8) is 0 Å². The van der Waals surface area contributed by atoms with Crippen LogP contribution in [0.25, 0.3) is 16.7 Å². The lowest BCUT2D eigenvalue weighted by atomic mass is 9.96. The van der Waals surface area contributed by atoms with E-state index >= 15 is 0 Å². The summed E-state index contributed by atoms with van der Waals surface area (Å²) >= 11 is 0. The Labute approximate surface area is 279 Å². The minimum atomic E-state index is -0.560. The van der Waals surface area contributed by atoms with E-state index in [1.807, 2.05) is 87.5 Å². The molecule has 10 heteroatoms. The number of hydrogen-bond donors (Lipinski definition) is 0. The van der Waals surface area contributed by atoms with Crippen LogP contribution in [0.15, 0.2) is 95.8 Å². The number of esters is 1. The molecule has 1 amide bonds. The first-order valence-electron chi connectivity index (χ1n) is 16.2. The molecule has 1 aliphatic rings. The number of hydrogen-bond acceptors (Lipinski definition) is 7. The van der Waals surface area contributed by atoms with Crippen LogP contribution in [0.3, 0.4) is 0 Å². The monoisotopic (exact) mass is 648 g/mol. The number of aromatic nitrogens is 3. The molecule has 3 aromatic carbocycles. The van der Waals surface area contributed by atoms with Crippen LogP contribution in [0.2, 0.25) is 0 Å². The molecular weight excluding hydrogens is 608 g/mol. The van der Waals surface area contributed by atoms with Crippen molar-refractivity contribution in [2.45, 2.75) is 52.4 Å². The van der Waals surface area contributed by atoms with Crippen molar-refractivity contribution < 1.29 is 23.8 Å². The second-order valence-corrected chi connectivity index (χ2v) is 13.0. The van der Waals surface area contributed by atoms with Crippen LogP contribution in [-0.4, -0.2) is 49.6 Å². The van der Waals surface area contributed by atoms with Gasteiger partial charge in [0, 0.05) is 26.2 Å². The summed E-state index contributed by atoms with van der Waals surface area (Å²) in [5, 5.41) is 0. The van der Waals surface area contributed by atoms with Gasteiger partial charge in [0.1, 0.15) is 24.5 Å². The first kappa shape index (κ1) is 32.6. The average Bonchev–Trinajstić information content (AvgIpc) is 3.35. The van der Waals surface area contributed by atoms with Gasteiger partial charge in [-0.3, -0.25) is 18.7 Å². The highest BCUT2D eigenvalue weighted by molar-refractivity contribution is 6.05. The third kappa shape index (κ3) is 7.12. The Bertz CT molecular complexity index is 1970. The van der Waals surface area contributed by atoms with Crippen LogP contribution in [0, 0.1) is 5.92 Å². The molecule has 1 fully saturated rings. The summed E-state index contributed by atoms with van der Waals surface area (Å²) in [7, 11) is 1.65. The summed E-state index contributed by atoms with van der Waals surface area (Å²) in [6, 6.07) is 28.3. The van der Waals surface area contributed by atoms with E-state index in [-0.39, 0.29) is 36.0 Å². The summed E-state index contributed by atoms with van der Waals surface area (Å²) < 4.78 is 20.8. The molecular formula is C38H40N4O6. The van der Waals surface area contributed by atoms with Crippen LogP contribution in [0.1, 0.15) is 55.1 Å². The maximum Gasteiger partial charge on any atom is 0.333 e. The van der Waals surface area contributed by atoms with Gasteiger partial charge in [0.2, 0.25) is 11.8 Å². The van der Waals surface area contributed by atoms with Crippen LogP contribution in [0.5, 0.6) is 11.8 Å². The van der Waals surface area contributed by atoms with Gasteiger partial charge in [0.05, 0.1) is 22.5 Å². The van der Waals surface area contributed by atoms with Crippen LogP contribution in [-0.2, 0) is 29.8 Å². The molecule has 5 aromatic rings. The molecule has 2 aromatic heterocycles. The summed E-state index contributed by atoms with van der Waals surface area (Å²) in [5.74, 6) is -0.105. The number of para-hydroxylation sites is 1. The van der Waals surface area contributed by atoms with Gasteiger partial charge in [-0.15, -0.1) is 0 Å². The van der Waals surface area contributed by atoms with Crippen molar-refractivity contribution in [2.75, 3.05) is 13.1 Å². The number of piperidine rings is 1. The number of nitrogens with zero attached hydrogens (tertiary/aromatic N) is 4. The number of likely N-dealkylation sites (tertiary alicyclic amines) is 1. The number of fused-ring (bicyclic) bond motifs is 1. The Morgan fingerprint density at radius 3 is 2.06 bits per heavy atom. The number of pyridine rings is 1. The standard InChI is InChI=1S/C38H40N4O6/c1-38(2,3)48-36(44)28-20-22-41(23-21-28)35(43)29-16-11-17-30-33(29)40(4)37(45)42(30)31-18-19-32(46-24-26-12-7-5-8-13-26)39-34(31)47-25-27-14-9-6-10-15-27/h5-19,28H,20-25H2,1-4H3.